The van der Waals surface area contributed by atoms with Crippen molar-refractivity contribution in [2.75, 3.05) is 37.8 Å². The number of carbonyl (C=O) groups is 2. The van der Waals surface area contributed by atoms with Gasteiger partial charge in [-0.1, -0.05) is 29.5 Å². The molecule has 7 heteroatoms. The van der Waals surface area contributed by atoms with Crippen LogP contribution in [0.1, 0.15) is 12.5 Å². The topological polar surface area (TPSA) is 59.1 Å². The summed E-state index contributed by atoms with van der Waals surface area (Å²) in [6.45, 7) is 6.74. The number of hydrogen-bond donors (Lipinski definition) is 0. The van der Waals surface area contributed by atoms with Crippen molar-refractivity contribution in [3.8, 4) is 5.75 Å². The summed E-state index contributed by atoms with van der Waals surface area (Å²) in [6, 6.07) is 15.0. The van der Waals surface area contributed by atoms with Gasteiger partial charge in [0.25, 0.3) is 11.8 Å². The number of nitrogens with zero attached hydrogens (tertiary/aromatic N) is 2. The molecule has 0 bridgehead atoms. The van der Waals surface area contributed by atoms with Gasteiger partial charge in [0.1, 0.15) is 16.4 Å². The fraction of sp³-hybridized carbons (Fsp3) is 0.304. The van der Waals surface area contributed by atoms with Gasteiger partial charge in [-0.15, -0.1) is 0 Å². The molecule has 2 amide bonds. The van der Waals surface area contributed by atoms with Gasteiger partial charge in [0.15, 0.2) is 0 Å². The highest BCUT2D eigenvalue weighted by molar-refractivity contribution is 8.04. The monoisotopic (exact) mass is 424 g/mol. The summed E-state index contributed by atoms with van der Waals surface area (Å²) < 4.78 is 10.9. The van der Waals surface area contributed by atoms with Gasteiger partial charge in [0.2, 0.25) is 0 Å². The van der Waals surface area contributed by atoms with Gasteiger partial charge in [-0.2, -0.15) is 0 Å². The van der Waals surface area contributed by atoms with Crippen molar-refractivity contribution in [1.82, 2.24) is 4.90 Å². The van der Waals surface area contributed by atoms with Crippen LogP contribution < -0.4 is 9.64 Å². The smallest absolute Gasteiger partial charge is 0.283 e. The fourth-order valence-electron chi connectivity index (χ4n) is 3.47. The van der Waals surface area contributed by atoms with Gasteiger partial charge in [0, 0.05) is 18.0 Å². The van der Waals surface area contributed by atoms with Crippen LogP contribution in [0, 0.1) is 6.92 Å². The molecule has 2 aliphatic rings. The zero-order chi connectivity index (χ0) is 21.1. The molecule has 0 unspecified atom stereocenters. The maximum Gasteiger partial charge on any atom is 0.283 e. The lowest BCUT2D eigenvalue weighted by Gasteiger charge is -2.29. The maximum absolute atomic E-state index is 13.4. The van der Waals surface area contributed by atoms with Crippen LogP contribution in [-0.2, 0) is 14.3 Å². The van der Waals surface area contributed by atoms with E-state index in [-0.39, 0.29) is 11.8 Å². The number of hydrogen-bond acceptors (Lipinski definition) is 6. The summed E-state index contributed by atoms with van der Waals surface area (Å²) in [5.74, 6) is 0.118. The Bertz CT molecular complexity index is 964. The Morgan fingerprint density at radius 1 is 0.967 bits per heavy atom. The zero-order valence-corrected chi connectivity index (χ0v) is 17.9. The normalized spacial score (nSPS) is 17.1. The third-order valence-electron chi connectivity index (χ3n) is 4.99. The lowest BCUT2D eigenvalue weighted by Crippen LogP contribution is -2.40. The van der Waals surface area contributed by atoms with E-state index < -0.39 is 0 Å². The average Bonchev–Trinajstić information content (AvgIpc) is 3.01. The Labute approximate surface area is 180 Å². The SMILES string of the molecule is CCOc1ccc(N2C(=O)C(Sc3ccc(C)cc3)=C(N3CCOCC3)C2=O)cc1. The summed E-state index contributed by atoms with van der Waals surface area (Å²) in [5.41, 5.74) is 2.15. The van der Waals surface area contributed by atoms with E-state index in [1.165, 1.54) is 16.7 Å². The maximum atomic E-state index is 13.4. The second-order valence-electron chi connectivity index (χ2n) is 7.06. The number of aryl methyl sites for hydroxylation is 1. The number of imide groups is 1. The quantitative estimate of drug-likeness (QED) is 0.661. The van der Waals surface area contributed by atoms with E-state index in [1.807, 2.05) is 43.0 Å². The van der Waals surface area contributed by atoms with Crippen molar-refractivity contribution >= 4 is 29.3 Å². The van der Waals surface area contributed by atoms with Crippen molar-refractivity contribution < 1.29 is 19.1 Å². The van der Waals surface area contributed by atoms with Crippen LogP contribution in [0.25, 0.3) is 0 Å². The molecule has 4 rings (SSSR count). The van der Waals surface area contributed by atoms with Gasteiger partial charge in [-0.25, -0.2) is 4.90 Å². The molecule has 0 saturated carbocycles. The van der Waals surface area contributed by atoms with Crippen molar-refractivity contribution in [2.24, 2.45) is 0 Å². The Morgan fingerprint density at radius 3 is 2.27 bits per heavy atom. The lowest BCUT2D eigenvalue weighted by atomic mass is 10.2. The van der Waals surface area contributed by atoms with Crippen LogP contribution in [0.3, 0.4) is 0 Å². The minimum Gasteiger partial charge on any atom is -0.494 e. The van der Waals surface area contributed by atoms with Gasteiger partial charge < -0.3 is 14.4 Å². The first-order valence-electron chi connectivity index (χ1n) is 10.0. The van der Waals surface area contributed by atoms with Gasteiger partial charge in [-0.05, 0) is 50.2 Å². The molecule has 1 fully saturated rings. The number of ether oxygens (including phenoxy) is 2. The first-order chi connectivity index (χ1) is 14.6. The van der Waals surface area contributed by atoms with Crippen molar-refractivity contribution in [3.05, 3.63) is 64.7 Å². The number of amides is 2. The molecule has 1 saturated heterocycles. The predicted molar refractivity (Wildman–Crippen MR) is 117 cm³/mol. The van der Waals surface area contributed by atoms with Crippen molar-refractivity contribution in [2.45, 2.75) is 18.7 Å². The van der Waals surface area contributed by atoms with E-state index in [1.54, 1.807) is 24.3 Å². The second kappa shape index (κ2) is 8.93. The molecule has 6 nitrogen and oxygen atoms in total. The number of carbonyl (C=O) groups excluding carboxylic acids is 2. The third kappa shape index (κ3) is 4.08. The van der Waals surface area contributed by atoms with Crippen LogP contribution in [-0.4, -0.2) is 49.6 Å². The summed E-state index contributed by atoms with van der Waals surface area (Å²) in [6.07, 6.45) is 0. The average molecular weight is 425 g/mol. The molecule has 156 valence electrons. The highest BCUT2D eigenvalue weighted by atomic mass is 32.2. The van der Waals surface area contributed by atoms with Crippen LogP contribution >= 0.6 is 11.8 Å². The first kappa shape index (κ1) is 20.5. The highest BCUT2D eigenvalue weighted by Gasteiger charge is 2.42. The Balaban J connectivity index is 1.68. The Morgan fingerprint density at radius 2 is 1.63 bits per heavy atom. The van der Waals surface area contributed by atoms with E-state index in [2.05, 4.69) is 0 Å². The second-order valence-corrected chi connectivity index (χ2v) is 8.15. The summed E-state index contributed by atoms with van der Waals surface area (Å²) in [7, 11) is 0. The lowest BCUT2D eigenvalue weighted by molar-refractivity contribution is -0.121. The molecular formula is C23H24N2O4S. The molecule has 2 aromatic rings. The van der Waals surface area contributed by atoms with Crippen LogP contribution in [0.5, 0.6) is 5.75 Å². The van der Waals surface area contributed by atoms with E-state index in [4.69, 9.17) is 9.47 Å². The van der Waals surface area contributed by atoms with Crippen LogP contribution in [0.4, 0.5) is 5.69 Å². The number of rotatable bonds is 6. The zero-order valence-electron chi connectivity index (χ0n) is 17.1. The minimum atomic E-state index is -0.295. The van der Waals surface area contributed by atoms with Crippen molar-refractivity contribution in [1.29, 1.82) is 0 Å². The van der Waals surface area contributed by atoms with E-state index in [0.29, 0.717) is 54.9 Å². The minimum absolute atomic E-state index is 0.291. The molecule has 0 atom stereocenters. The molecule has 0 N–H and O–H groups in total. The number of morpholine rings is 1. The summed E-state index contributed by atoms with van der Waals surface area (Å²) >= 11 is 1.34. The predicted octanol–water partition coefficient (Wildman–Crippen LogP) is 3.60. The molecule has 30 heavy (non-hydrogen) atoms. The fourth-order valence-corrected chi connectivity index (χ4v) is 4.47. The summed E-state index contributed by atoms with van der Waals surface area (Å²) in [4.78, 5) is 31.4. The standard InChI is InChI=1S/C23H24N2O4S/c1-3-29-18-8-6-17(7-9-18)25-22(26)20(24-12-14-28-15-13-24)21(23(25)27)30-19-10-4-16(2)5-11-19/h4-11H,3,12-15H2,1-2H3. The van der Waals surface area contributed by atoms with Crippen LogP contribution in [0.2, 0.25) is 0 Å². The van der Waals surface area contributed by atoms with Gasteiger partial charge >= 0.3 is 0 Å². The number of benzene rings is 2. The van der Waals surface area contributed by atoms with Crippen LogP contribution in [0.15, 0.2) is 64.0 Å². The Hall–Kier alpha value is -2.77. The molecule has 2 heterocycles. The van der Waals surface area contributed by atoms with E-state index in [9.17, 15) is 9.59 Å². The van der Waals surface area contributed by atoms with Gasteiger partial charge in [0.05, 0.1) is 25.5 Å². The third-order valence-corrected chi connectivity index (χ3v) is 6.07. The molecule has 0 aromatic heterocycles. The number of anilines is 1. The molecule has 2 aromatic carbocycles. The molecular weight excluding hydrogens is 400 g/mol. The van der Waals surface area contributed by atoms with E-state index >= 15 is 0 Å². The summed E-state index contributed by atoms with van der Waals surface area (Å²) in [5, 5.41) is 0. The molecule has 0 spiro atoms. The highest BCUT2D eigenvalue weighted by Crippen LogP contribution is 2.39. The molecule has 0 aliphatic carbocycles. The molecule has 0 radical (unpaired) electrons. The van der Waals surface area contributed by atoms with Gasteiger partial charge in [-0.3, -0.25) is 9.59 Å². The van der Waals surface area contributed by atoms with Crippen molar-refractivity contribution in [3.63, 3.8) is 0 Å². The Kier molecular flexibility index (Phi) is 6.11. The van der Waals surface area contributed by atoms with E-state index in [0.717, 1.165) is 10.5 Å². The first-order valence-corrected chi connectivity index (χ1v) is 10.8. The molecule has 2 aliphatic heterocycles. The number of thioether (sulfide) groups is 1. The largest absolute Gasteiger partial charge is 0.494 e.